The molecular formula is C32H47NO4. The highest BCUT2D eigenvalue weighted by atomic mass is 16.4. The number of aliphatic carboxylic acids is 1. The zero-order chi connectivity index (χ0) is 28.3. The van der Waals surface area contributed by atoms with Crippen LogP contribution in [0.5, 0.6) is 0 Å². The monoisotopic (exact) mass is 509 g/mol. The normalized spacial score (nSPS) is 14.7. The van der Waals surface area contributed by atoms with Gasteiger partial charge in [-0.2, -0.15) is 0 Å². The van der Waals surface area contributed by atoms with Crippen LogP contribution in [0.2, 0.25) is 0 Å². The van der Waals surface area contributed by atoms with Gasteiger partial charge >= 0.3 is 5.97 Å². The number of nitrogens with zero attached hydrogens (tertiary/aromatic N) is 1. The Kier molecular flexibility index (Phi) is 9.41. The highest BCUT2D eigenvalue weighted by molar-refractivity contribution is 5.97. The molecular weight excluding hydrogens is 462 g/mol. The van der Waals surface area contributed by atoms with Gasteiger partial charge in [0.1, 0.15) is 6.04 Å². The number of hydrogen-bond acceptors (Lipinski definition) is 3. The van der Waals surface area contributed by atoms with Crippen LogP contribution in [-0.4, -0.2) is 45.7 Å². The van der Waals surface area contributed by atoms with Crippen molar-refractivity contribution in [2.45, 2.75) is 105 Å². The van der Waals surface area contributed by atoms with Gasteiger partial charge in [-0.15, -0.1) is 0 Å². The molecule has 0 heterocycles. The van der Waals surface area contributed by atoms with Crippen LogP contribution in [0.1, 0.15) is 106 Å². The molecule has 2 aromatic rings. The number of carboxylic acids is 1. The molecule has 2 atom stereocenters. The Balaban J connectivity index is 2.42. The number of benzene rings is 2. The van der Waals surface area contributed by atoms with Crippen molar-refractivity contribution in [2.75, 3.05) is 7.05 Å². The first-order chi connectivity index (χ1) is 17.0. The minimum Gasteiger partial charge on any atom is -0.480 e. The van der Waals surface area contributed by atoms with Crippen LogP contribution in [0.25, 0.3) is 0 Å². The molecule has 2 N–H and O–H groups in total. The van der Waals surface area contributed by atoms with Gasteiger partial charge in [-0.05, 0) is 92.7 Å². The van der Waals surface area contributed by atoms with Crippen molar-refractivity contribution < 1.29 is 19.8 Å². The Morgan fingerprint density at radius 2 is 1.43 bits per heavy atom. The van der Waals surface area contributed by atoms with Gasteiger partial charge in [0.15, 0.2) is 0 Å². The zero-order valence-corrected chi connectivity index (χ0v) is 24.5. The van der Waals surface area contributed by atoms with Crippen LogP contribution < -0.4 is 0 Å². The average molecular weight is 510 g/mol. The highest BCUT2D eigenvalue weighted by Crippen LogP contribution is 2.41. The molecule has 5 nitrogen and oxygen atoms in total. The van der Waals surface area contributed by atoms with E-state index >= 15 is 0 Å². The van der Waals surface area contributed by atoms with Crippen molar-refractivity contribution in [1.82, 2.24) is 4.90 Å². The molecule has 0 fully saturated rings. The second-order valence-electron chi connectivity index (χ2n) is 11.9. The number of aryl methyl sites for hydroxylation is 3. The van der Waals surface area contributed by atoms with E-state index in [2.05, 4.69) is 65.8 Å². The predicted molar refractivity (Wildman–Crippen MR) is 151 cm³/mol. The van der Waals surface area contributed by atoms with Crippen molar-refractivity contribution in [2.24, 2.45) is 5.41 Å². The molecule has 2 rings (SSSR count). The maximum Gasteiger partial charge on any atom is 0.326 e. The lowest BCUT2D eigenvalue weighted by Gasteiger charge is -2.37. The minimum atomic E-state index is -1.03. The minimum absolute atomic E-state index is 0.188. The maximum atomic E-state index is 13.0. The predicted octanol–water partition coefficient (Wildman–Crippen LogP) is 6.68. The van der Waals surface area contributed by atoms with Crippen molar-refractivity contribution >= 4 is 11.9 Å². The third-order valence-electron chi connectivity index (χ3n) is 8.87. The van der Waals surface area contributed by atoms with Crippen LogP contribution in [-0.2, 0) is 16.6 Å². The van der Waals surface area contributed by atoms with Crippen molar-refractivity contribution in [1.29, 1.82) is 0 Å². The Hall–Kier alpha value is -2.66. The van der Waals surface area contributed by atoms with E-state index in [1.54, 1.807) is 0 Å². The second-order valence-corrected chi connectivity index (χ2v) is 11.9. The molecule has 2 unspecified atom stereocenters. The summed E-state index contributed by atoms with van der Waals surface area (Å²) >= 11 is 0. The summed E-state index contributed by atoms with van der Waals surface area (Å²) in [4.78, 5) is 25.6. The van der Waals surface area contributed by atoms with Gasteiger partial charge in [-0.1, -0.05) is 65.0 Å². The van der Waals surface area contributed by atoms with E-state index in [0.717, 1.165) is 30.4 Å². The van der Waals surface area contributed by atoms with Crippen molar-refractivity contribution in [3.05, 3.63) is 69.8 Å². The smallest absolute Gasteiger partial charge is 0.326 e. The third-order valence-corrected chi connectivity index (χ3v) is 8.87. The molecule has 0 aliphatic heterocycles. The fraction of sp³-hybridized carbons (Fsp3) is 0.562. The number of hydrogen-bond donors (Lipinski definition) is 2. The van der Waals surface area contributed by atoms with E-state index in [0.29, 0.717) is 12.0 Å². The summed E-state index contributed by atoms with van der Waals surface area (Å²) in [5, 5.41) is 20.2. The number of likely N-dealkylation sites (N-methyl/N-ethyl adjacent to an activating group) is 1. The van der Waals surface area contributed by atoms with Crippen LogP contribution in [0.15, 0.2) is 36.4 Å². The molecule has 0 radical (unpaired) electrons. The fourth-order valence-electron chi connectivity index (χ4n) is 4.99. The van der Waals surface area contributed by atoms with Gasteiger partial charge < -0.3 is 15.1 Å². The Bertz CT molecular complexity index is 1120. The number of aliphatic hydroxyl groups is 1. The van der Waals surface area contributed by atoms with Gasteiger partial charge in [-0.3, -0.25) is 4.79 Å². The van der Waals surface area contributed by atoms with Crippen LogP contribution in [0, 0.1) is 19.3 Å². The summed E-state index contributed by atoms with van der Waals surface area (Å²) in [5.74, 6) is -1.31. The topological polar surface area (TPSA) is 77.8 Å². The number of carbonyl (C=O) groups excluding carboxylic acids is 1. The van der Waals surface area contributed by atoms with Gasteiger partial charge in [0.05, 0.1) is 5.60 Å². The molecule has 2 aromatic carbocycles. The number of amides is 1. The fourth-order valence-corrected chi connectivity index (χ4v) is 4.99. The molecule has 0 bridgehead atoms. The lowest BCUT2D eigenvalue weighted by Crippen LogP contribution is -2.40. The molecule has 0 aliphatic rings. The number of carboxylic acid groups (broad SMARTS) is 1. The Morgan fingerprint density at radius 3 is 1.86 bits per heavy atom. The largest absolute Gasteiger partial charge is 0.480 e. The second kappa shape index (κ2) is 11.4. The molecule has 1 amide bonds. The quantitative estimate of drug-likeness (QED) is 0.374. The zero-order valence-electron chi connectivity index (χ0n) is 24.5. The molecule has 5 heteroatoms. The molecule has 0 saturated heterocycles. The Labute approximate surface area is 223 Å². The van der Waals surface area contributed by atoms with E-state index < -0.39 is 17.6 Å². The standard InChI is InChI=1S/C32H47NO4/c1-11-32(12-2,25-14-13-24(21(3)19-25)17-18-31(9,37)30(6,7)8)26-15-16-27(22(4)20-26)28(34)33(10)23(5)29(35)36/h13-16,19-20,23,37H,11-12,17-18H2,1-10H3,(H,35,36). The average Bonchev–Trinajstić information content (AvgIpc) is 2.82. The summed E-state index contributed by atoms with van der Waals surface area (Å²) in [6, 6.07) is 11.8. The van der Waals surface area contributed by atoms with Crippen LogP contribution >= 0.6 is 0 Å². The first-order valence-corrected chi connectivity index (χ1v) is 13.5. The van der Waals surface area contributed by atoms with Gasteiger partial charge in [-0.25, -0.2) is 4.79 Å². The summed E-state index contributed by atoms with van der Waals surface area (Å²) in [6.07, 6.45) is 3.33. The van der Waals surface area contributed by atoms with Crippen LogP contribution in [0.4, 0.5) is 0 Å². The molecule has 0 aromatic heterocycles. The SMILES string of the molecule is CCC(CC)(c1ccc(CCC(C)(O)C(C)(C)C)c(C)c1)c1ccc(C(=O)N(C)C(C)C(=O)O)c(C)c1. The van der Waals surface area contributed by atoms with E-state index in [-0.39, 0.29) is 16.7 Å². The third kappa shape index (κ3) is 6.26. The summed E-state index contributed by atoms with van der Waals surface area (Å²) < 4.78 is 0. The summed E-state index contributed by atoms with van der Waals surface area (Å²) in [5.41, 5.74) is 5.11. The van der Waals surface area contributed by atoms with Gasteiger partial charge in [0.2, 0.25) is 0 Å². The lowest BCUT2D eigenvalue weighted by molar-refractivity contribution is -0.141. The molecule has 0 spiro atoms. The van der Waals surface area contributed by atoms with E-state index in [1.807, 2.05) is 26.0 Å². The van der Waals surface area contributed by atoms with E-state index in [9.17, 15) is 19.8 Å². The Morgan fingerprint density at radius 1 is 0.919 bits per heavy atom. The highest BCUT2D eigenvalue weighted by Gasteiger charge is 2.35. The molecule has 0 aliphatic carbocycles. The first-order valence-electron chi connectivity index (χ1n) is 13.5. The van der Waals surface area contributed by atoms with E-state index in [1.165, 1.54) is 35.6 Å². The lowest BCUT2D eigenvalue weighted by atomic mass is 9.69. The first kappa shape index (κ1) is 30.6. The van der Waals surface area contributed by atoms with Gasteiger partial charge in [0, 0.05) is 18.0 Å². The number of carbonyl (C=O) groups is 2. The summed E-state index contributed by atoms with van der Waals surface area (Å²) in [6.45, 7) is 18.1. The van der Waals surface area contributed by atoms with Gasteiger partial charge in [0.25, 0.3) is 5.91 Å². The molecule has 204 valence electrons. The molecule has 0 saturated carbocycles. The van der Waals surface area contributed by atoms with E-state index in [4.69, 9.17) is 0 Å². The van der Waals surface area contributed by atoms with Crippen molar-refractivity contribution in [3.8, 4) is 0 Å². The van der Waals surface area contributed by atoms with Crippen LogP contribution in [0.3, 0.4) is 0 Å². The maximum absolute atomic E-state index is 13.0. The number of rotatable bonds is 10. The van der Waals surface area contributed by atoms with Crippen molar-refractivity contribution in [3.63, 3.8) is 0 Å². The summed E-state index contributed by atoms with van der Waals surface area (Å²) in [7, 11) is 1.53. The molecule has 37 heavy (non-hydrogen) atoms.